The van der Waals surface area contributed by atoms with Crippen molar-refractivity contribution in [3.8, 4) is 5.69 Å². The lowest BCUT2D eigenvalue weighted by atomic mass is 10.2. The van der Waals surface area contributed by atoms with Gasteiger partial charge in [-0.15, -0.1) is 0 Å². The van der Waals surface area contributed by atoms with E-state index in [0.29, 0.717) is 11.6 Å². The number of hydrogen-bond acceptors (Lipinski definition) is 3. The summed E-state index contributed by atoms with van der Waals surface area (Å²) in [6.07, 6.45) is 0. The van der Waals surface area contributed by atoms with Crippen molar-refractivity contribution < 1.29 is 4.79 Å². The minimum absolute atomic E-state index is 0.0171. The molecule has 3 rings (SSSR count). The van der Waals surface area contributed by atoms with E-state index >= 15 is 0 Å². The summed E-state index contributed by atoms with van der Waals surface area (Å²) in [5, 5.41) is 7.07. The van der Waals surface area contributed by atoms with Crippen LogP contribution < -0.4 is 10.6 Å². The highest BCUT2D eigenvalue weighted by Crippen LogP contribution is 2.22. The highest BCUT2D eigenvalue weighted by Gasteiger charge is 2.17. The summed E-state index contributed by atoms with van der Waals surface area (Å²) in [5.74, 6) is -0.0171. The minimum Gasteiger partial charge on any atom is -0.351 e. The molecule has 25 heavy (non-hydrogen) atoms. The quantitative estimate of drug-likeness (QED) is 0.860. The Balaban J connectivity index is 1.68. The van der Waals surface area contributed by atoms with Crippen LogP contribution in [0.2, 0.25) is 5.02 Å². The number of rotatable bonds is 5. The zero-order valence-corrected chi connectivity index (χ0v) is 15.6. The van der Waals surface area contributed by atoms with Crippen LogP contribution in [0.3, 0.4) is 0 Å². The lowest BCUT2D eigenvalue weighted by Gasteiger charge is -2.27. The molecule has 1 fully saturated rings. The van der Waals surface area contributed by atoms with E-state index in [2.05, 4.69) is 20.1 Å². The molecule has 0 saturated carbocycles. The molecule has 2 N–H and O–H groups in total. The molecule has 0 atom stereocenters. The maximum atomic E-state index is 12.6. The Bertz CT molecular complexity index is 750. The highest BCUT2D eigenvalue weighted by molar-refractivity contribution is 6.30. The number of benzene rings is 1. The highest BCUT2D eigenvalue weighted by atomic mass is 35.5. The van der Waals surface area contributed by atoms with Crippen LogP contribution in [0.1, 0.15) is 21.7 Å². The molecular formula is C19H25ClN4O. The number of hydrogen-bond donors (Lipinski definition) is 2. The summed E-state index contributed by atoms with van der Waals surface area (Å²) >= 11 is 6.11. The summed E-state index contributed by atoms with van der Waals surface area (Å²) in [6, 6.07) is 9.62. The number of halogens is 1. The van der Waals surface area contributed by atoms with Crippen LogP contribution in [0, 0.1) is 13.8 Å². The van der Waals surface area contributed by atoms with E-state index in [1.54, 1.807) is 0 Å². The van der Waals surface area contributed by atoms with E-state index in [9.17, 15) is 4.79 Å². The molecule has 1 aromatic heterocycles. The van der Waals surface area contributed by atoms with E-state index in [-0.39, 0.29) is 5.91 Å². The third-order valence-electron chi connectivity index (χ3n) is 4.67. The number of aryl methyl sites for hydroxylation is 1. The van der Waals surface area contributed by atoms with Gasteiger partial charge in [-0.05, 0) is 38.1 Å². The van der Waals surface area contributed by atoms with Crippen LogP contribution in [-0.2, 0) is 0 Å². The molecule has 1 aliphatic heterocycles. The molecule has 1 amide bonds. The Morgan fingerprint density at radius 1 is 1.24 bits per heavy atom. The van der Waals surface area contributed by atoms with Crippen molar-refractivity contribution in [1.82, 2.24) is 20.1 Å². The molecule has 2 heterocycles. The monoisotopic (exact) mass is 360 g/mol. The van der Waals surface area contributed by atoms with Crippen molar-refractivity contribution in [2.24, 2.45) is 0 Å². The predicted molar refractivity (Wildman–Crippen MR) is 102 cm³/mol. The van der Waals surface area contributed by atoms with Gasteiger partial charge >= 0.3 is 0 Å². The molecule has 2 aromatic rings. The van der Waals surface area contributed by atoms with Gasteiger partial charge in [0.05, 0.1) is 5.56 Å². The Hall–Kier alpha value is -1.82. The fourth-order valence-corrected chi connectivity index (χ4v) is 3.55. The second-order valence-corrected chi connectivity index (χ2v) is 6.88. The molecule has 0 radical (unpaired) electrons. The van der Waals surface area contributed by atoms with Crippen molar-refractivity contribution in [2.75, 3.05) is 39.3 Å². The van der Waals surface area contributed by atoms with Crippen molar-refractivity contribution in [2.45, 2.75) is 13.8 Å². The fraction of sp³-hybridized carbons (Fsp3) is 0.421. The van der Waals surface area contributed by atoms with Gasteiger partial charge < -0.3 is 15.2 Å². The van der Waals surface area contributed by atoms with Crippen molar-refractivity contribution in [3.63, 3.8) is 0 Å². The van der Waals surface area contributed by atoms with Crippen LogP contribution in [0.25, 0.3) is 5.69 Å². The first-order valence-corrected chi connectivity index (χ1v) is 9.10. The van der Waals surface area contributed by atoms with Gasteiger partial charge in [0.25, 0.3) is 5.91 Å². The zero-order chi connectivity index (χ0) is 17.8. The smallest absolute Gasteiger partial charge is 0.253 e. The Kier molecular flexibility index (Phi) is 5.78. The van der Waals surface area contributed by atoms with Crippen LogP contribution in [0.5, 0.6) is 0 Å². The molecule has 0 spiro atoms. The number of nitrogens with zero attached hydrogens (tertiary/aromatic N) is 2. The van der Waals surface area contributed by atoms with Gasteiger partial charge in [0.2, 0.25) is 0 Å². The molecule has 0 bridgehead atoms. The van der Waals surface area contributed by atoms with Gasteiger partial charge in [0.15, 0.2) is 0 Å². The molecule has 134 valence electrons. The number of amides is 1. The number of nitrogens with one attached hydrogen (secondary N) is 2. The summed E-state index contributed by atoms with van der Waals surface area (Å²) in [4.78, 5) is 15.0. The zero-order valence-electron chi connectivity index (χ0n) is 14.8. The summed E-state index contributed by atoms with van der Waals surface area (Å²) in [6.45, 7) is 9.66. The summed E-state index contributed by atoms with van der Waals surface area (Å²) < 4.78 is 2.07. The Morgan fingerprint density at radius 2 is 2.00 bits per heavy atom. The first-order chi connectivity index (χ1) is 12.1. The summed E-state index contributed by atoms with van der Waals surface area (Å²) in [5.41, 5.74) is 3.65. The third-order valence-corrected chi connectivity index (χ3v) is 4.90. The van der Waals surface area contributed by atoms with E-state index in [4.69, 9.17) is 11.6 Å². The number of piperazine rings is 1. The second kappa shape index (κ2) is 8.04. The predicted octanol–water partition coefficient (Wildman–Crippen LogP) is 2.38. The summed E-state index contributed by atoms with van der Waals surface area (Å²) in [7, 11) is 0. The maximum absolute atomic E-state index is 12.6. The molecule has 5 nitrogen and oxygen atoms in total. The first-order valence-electron chi connectivity index (χ1n) is 8.72. The minimum atomic E-state index is -0.0171. The number of carbonyl (C=O) groups excluding carboxylic acids is 1. The molecule has 0 unspecified atom stereocenters. The normalized spacial score (nSPS) is 15.3. The van der Waals surface area contributed by atoms with Crippen molar-refractivity contribution in [3.05, 3.63) is 52.3 Å². The van der Waals surface area contributed by atoms with Crippen molar-refractivity contribution in [1.29, 1.82) is 0 Å². The standard InChI is InChI=1S/C19H25ClN4O/c1-14-12-18(15(2)24(14)17-5-3-4-16(20)13-17)19(25)22-8-11-23-9-6-21-7-10-23/h3-5,12-13,21H,6-11H2,1-2H3,(H,22,25). The maximum Gasteiger partial charge on any atom is 0.253 e. The topological polar surface area (TPSA) is 49.3 Å². The Morgan fingerprint density at radius 3 is 2.72 bits per heavy atom. The SMILES string of the molecule is Cc1cc(C(=O)NCCN2CCNCC2)c(C)n1-c1cccc(Cl)c1. The van der Waals surface area contributed by atoms with E-state index in [1.165, 1.54) is 0 Å². The van der Waals surface area contributed by atoms with Gasteiger partial charge in [-0.1, -0.05) is 17.7 Å². The number of carbonyl (C=O) groups is 1. The van der Waals surface area contributed by atoms with Gasteiger partial charge in [-0.2, -0.15) is 0 Å². The average molecular weight is 361 g/mol. The second-order valence-electron chi connectivity index (χ2n) is 6.45. The van der Waals surface area contributed by atoms with Gasteiger partial charge in [-0.25, -0.2) is 0 Å². The molecular weight excluding hydrogens is 336 g/mol. The molecule has 0 aliphatic carbocycles. The van der Waals surface area contributed by atoms with Crippen LogP contribution in [0.15, 0.2) is 30.3 Å². The van der Waals surface area contributed by atoms with Gasteiger partial charge in [0, 0.05) is 61.4 Å². The molecule has 1 aromatic carbocycles. The van der Waals surface area contributed by atoms with Crippen LogP contribution in [0.4, 0.5) is 0 Å². The Labute approximate surface area is 154 Å². The fourth-order valence-electron chi connectivity index (χ4n) is 3.36. The van der Waals surface area contributed by atoms with Crippen LogP contribution >= 0.6 is 11.6 Å². The molecule has 6 heteroatoms. The third kappa shape index (κ3) is 4.24. The average Bonchev–Trinajstić information content (AvgIpc) is 2.90. The van der Waals surface area contributed by atoms with Gasteiger partial charge in [0.1, 0.15) is 0 Å². The molecule has 1 saturated heterocycles. The largest absolute Gasteiger partial charge is 0.351 e. The lowest BCUT2D eigenvalue weighted by Crippen LogP contribution is -2.46. The lowest BCUT2D eigenvalue weighted by molar-refractivity contribution is 0.0946. The van der Waals surface area contributed by atoms with Crippen molar-refractivity contribution >= 4 is 17.5 Å². The number of aromatic nitrogens is 1. The van der Waals surface area contributed by atoms with E-state index < -0.39 is 0 Å². The first kappa shape index (κ1) is 18.0. The van der Waals surface area contributed by atoms with E-state index in [1.807, 2.05) is 44.2 Å². The molecule has 1 aliphatic rings. The van der Waals surface area contributed by atoms with Crippen LogP contribution in [-0.4, -0.2) is 54.6 Å². The van der Waals surface area contributed by atoms with Gasteiger partial charge in [-0.3, -0.25) is 9.69 Å². The van der Waals surface area contributed by atoms with E-state index in [0.717, 1.165) is 55.4 Å².